The molecule has 0 radical (unpaired) electrons. The number of fused-ring (bicyclic) bond motifs is 2. The Labute approximate surface area is 122 Å². The Balaban J connectivity index is 1.79. The number of piperidine rings is 1. The second-order valence-electron chi connectivity index (χ2n) is 7.40. The lowest BCUT2D eigenvalue weighted by Crippen LogP contribution is -2.38. The van der Waals surface area contributed by atoms with Crippen molar-refractivity contribution in [2.75, 3.05) is 5.75 Å². The van der Waals surface area contributed by atoms with Crippen LogP contribution in [0.15, 0.2) is 0 Å². The average molecular weight is 301 g/mol. The molecule has 2 rings (SSSR count). The maximum atomic E-state index is 12.0. The third-order valence-corrected chi connectivity index (χ3v) is 7.28. The van der Waals surface area contributed by atoms with E-state index in [2.05, 4.69) is 5.32 Å². The van der Waals surface area contributed by atoms with Crippen molar-refractivity contribution in [1.29, 1.82) is 0 Å². The van der Waals surface area contributed by atoms with Crippen LogP contribution in [0, 0.1) is 5.92 Å². The summed E-state index contributed by atoms with van der Waals surface area (Å²) in [4.78, 5) is 12.0. The summed E-state index contributed by atoms with van der Waals surface area (Å²) in [6, 6.07) is 1.18. The van der Waals surface area contributed by atoms with E-state index in [1.807, 2.05) is 0 Å². The Morgan fingerprint density at radius 3 is 2.20 bits per heavy atom. The third kappa shape index (κ3) is 3.82. The SMILES string of the molecule is CC(C)(C)S(=O)(=O)CCC(=O)CC1CC2CCC(C1)N2. The van der Waals surface area contributed by atoms with Crippen molar-refractivity contribution in [3.05, 3.63) is 0 Å². The minimum absolute atomic E-state index is 0.00679. The molecule has 1 N–H and O–H groups in total. The molecule has 0 aliphatic carbocycles. The van der Waals surface area contributed by atoms with Gasteiger partial charge in [-0.2, -0.15) is 0 Å². The first-order valence-electron chi connectivity index (χ1n) is 7.67. The van der Waals surface area contributed by atoms with Gasteiger partial charge in [0.15, 0.2) is 9.84 Å². The number of hydrogen-bond donors (Lipinski definition) is 1. The van der Waals surface area contributed by atoms with E-state index < -0.39 is 14.6 Å². The van der Waals surface area contributed by atoms with Crippen molar-refractivity contribution >= 4 is 15.6 Å². The highest BCUT2D eigenvalue weighted by molar-refractivity contribution is 7.92. The molecular weight excluding hydrogens is 274 g/mol. The predicted molar refractivity (Wildman–Crippen MR) is 80.5 cm³/mol. The molecule has 4 nitrogen and oxygen atoms in total. The molecule has 116 valence electrons. The largest absolute Gasteiger partial charge is 0.311 e. The zero-order chi connectivity index (χ0) is 15.0. The highest BCUT2D eigenvalue weighted by atomic mass is 32.2. The van der Waals surface area contributed by atoms with E-state index in [9.17, 15) is 13.2 Å². The summed E-state index contributed by atoms with van der Waals surface area (Å²) < 4.78 is 23.2. The molecule has 0 aromatic rings. The second-order valence-corrected chi connectivity index (χ2v) is 10.3. The molecule has 0 spiro atoms. The van der Waals surface area contributed by atoms with Crippen LogP contribution in [-0.2, 0) is 14.6 Å². The molecule has 2 aliphatic heterocycles. The molecule has 2 unspecified atom stereocenters. The highest BCUT2D eigenvalue weighted by Crippen LogP contribution is 2.33. The quantitative estimate of drug-likeness (QED) is 0.844. The maximum Gasteiger partial charge on any atom is 0.155 e. The van der Waals surface area contributed by atoms with Gasteiger partial charge in [0.05, 0.1) is 10.5 Å². The smallest absolute Gasteiger partial charge is 0.155 e. The van der Waals surface area contributed by atoms with Gasteiger partial charge in [0, 0.05) is 24.9 Å². The van der Waals surface area contributed by atoms with Crippen molar-refractivity contribution < 1.29 is 13.2 Å². The van der Waals surface area contributed by atoms with Gasteiger partial charge in [-0.25, -0.2) is 8.42 Å². The molecule has 2 atom stereocenters. The van der Waals surface area contributed by atoms with Crippen molar-refractivity contribution in [1.82, 2.24) is 5.32 Å². The average Bonchev–Trinajstić information content (AvgIpc) is 2.65. The lowest BCUT2D eigenvalue weighted by molar-refractivity contribution is -0.119. The van der Waals surface area contributed by atoms with Crippen molar-refractivity contribution in [3.63, 3.8) is 0 Å². The van der Waals surface area contributed by atoms with E-state index in [0.717, 1.165) is 12.8 Å². The van der Waals surface area contributed by atoms with Gasteiger partial charge in [0.2, 0.25) is 0 Å². The van der Waals surface area contributed by atoms with Gasteiger partial charge in [-0.05, 0) is 52.4 Å². The fourth-order valence-corrected chi connectivity index (χ4v) is 4.43. The van der Waals surface area contributed by atoms with Gasteiger partial charge in [-0.3, -0.25) is 4.79 Å². The summed E-state index contributed by atoms with van der Waals surface area (Å²) in [6.45, 7) is 5.08. The zero-order valence-electron chi connectivity index (χ0n) is 12.8. The summed E-state index contributed by atoms with van der Waals surface area (Å²) >= 11 is 0. The van der Waals surface area contributed by atoms with Crippen LogP contribution in [-0.4, -0.2) is 36.8 Å². The van der Waals surface area contributed by atoms with Gasteiger partial charge in [-0.1, -0.05) is 0 Å². The van der Waals surface area contributed by atoms with Crippen LogP contribution in [0.25, 0.3) is 0 Å². The van der Waals surface area contributed by atoms with Gasteiger partial charge in [0.25, 0.3) is 0 Å². The minimum atomic E-state index is -3.18. The van der Waals surface area contributed by atoms with Crippen LogP contribution < -0.4 is 5.32 Å². The van der Waals surface area contributed by atoms with E-state index in [1.165, 1.54) is 12.8 Å². The van der Waals surface area contributed by atoms with E-state index in [1.54, 1.807) is 20.8 Å². The Kier molecular flexibility index (Phi) is 4.59. The maximum absolute atomic E-state index is 12.0. The van der Waals surface area contributed by atoms with Crippen molar-refractivity contribution in [2.24, 2.45) is 5.92 Å². The van der Waals surface area contributed by atoms with E-state index in [-0.39, 0.29) is 18.0 Å². The van der Waals surface area contributed by atoms with Gasteiger partial charge in [0.1, 0.15) is 5.78 Å². The number of carbonyl (C=O) groups excluding carboxylic acids is 1. The molecular formula is C15H27NO3S. The van der Waals surface area contributed by atoms with E-state index in [0.29, 0.717) is 24.4 Å². The number of sulfone groups is 1. The molecule has 2 fully saturated rings. The summed E-state index contributed by atoms with van der Waals surface area (Å²) in [6.07, 6.45) is 5.36. The molecule has 2 bridgehead atoms. The molecule has 2 saturated heterocycles. The number of hydrogen-bond acceptors (Lipinski definition) is 4. The molecule has 2 heterocycles. The topological polar surface area (TPSA) is 63.2 Å². The lowest BCUT2D eigenvalue weighted by atomic mass is 9.88. The molecule has 0 aromatic carbocycles. The van der Waals surface area contributed by atoms with Gasteiger partial charge >= 0.3 is 0 Å². The molecule has 5 heteroatoms. The Bertz CT molecular complexity index is 452. The minimum Gasteiger partial charge on any atom is -0.311 e. The Morgan fingerprint density at radius 2 is 1.70 bits per heavy atom. The standard InChI is InChI=1S/C15H27NO3S/c1-15(2,3)20(18,19)7-6-14(17)10-11-8-12-4-5-13(9-11)16-12/h11-13,16H,4-10H2,1-3H3. The molecule has 0 amide bonds. The number of Topliss-reactive ketones (excluding diaryl/α,β-unsaturated/α-hetero) is 1. The van der Waals surface area contributed by atoms with Crippen molar-refractivity contribution in [2.45, 2.75) is 76.1 Å². The van der Waals surface area contributed by atoms with Crippen LogP contribution in [0.1, 0.15) is 59.3 Å². The highest BCUT2D eigenvalue weighted by Gasteiger charge is 2.34. The number of rotatable bonds is 5. The predicted octanol–water partition coefficient (Wildman–Crippen LogP) is 2.08. The fourth-order valence-electron chi connectivity index (χ4n) is 3.32. The van der Waals surface area contributed by atoms with Crippen molar-refractivity contribution in [3.8, 4) is 0 Å². The molecule has 0 saturated carbocycles. The summed E-state index contributed by atoms with van der Waals surface area (Å²) in [7, 11) is -3.18. The second kappa shape index (κ2) is 5.76. The van der Waals surface area contributed by atoms with Gasteiger partial charge in [-0.15, -0.1) is 0 Å². The molecule has 20 heavy (non-hydrogen) atoms. The number of nitrogens with one attached hydrogen (secondary N) is 1. The summed E-state index contributed by atoms with van der Waals surface area (Å²) in [5, 5.41) is 3.56. The Hall–Kier alpha value is -0.420. The molecule has 2 aliphatic rings. The first-order chi connectivity index (χ1) is 9.17. The van der Waals surface area contributed by atoms with Gasteiger partial charge < -0.3 is 5.32 Å². The zero-order valence-corrected chi connectivity index (χ0v) is 13.6. The lowest BCUT2D eigenvalue weighted by Gasteiger charge is -2.28. The fraction of sp³-hybridized carbons (Fsp3) is 0.933. The Morgan fingerprint density at radius 1 is 1.15 bits per heavy atom. The molecule has 0 aromatic heterocycles. The van der Waals surface area contributed by atoms with Crippen LogP contribution in [0.4, 0.5) is 0 Å². The number of carbonyl (C=O) groups is 1. The van der Waals surface area contributed by atoms with Crippen LogP contribution in [0.3, 0.4) is 0 Å². The van der Waals surface area contributed by atoms with Crippen LogP contribution in [0.5, 0.6) is 0 Å². The van der Waals surface area contributed by atoms with Crippen LogP contribution in [0.2, 0.25) is 0 Å². The third-order valence-electron chi connectivity index (χ3n) is 4.67. The number of ketones is 1. The van der Waals surface area contributed by atoms with Crippen LogP contribution >= 0.6 is 0 Å². The van der Waals surface area contributed by atoms with E-state index in [4.69, 9.17) is 0 Å². The first-order valence-corrected chi connectivity index (χ1v) is 9.32. The summed E-state index contributed by atoms with van der Waals surface area (Å²) in [5.41, 5.74) is 0. The van der Waals surface area contributed by atoms with E-state index >= 15 is 0 Å². The monoisotopic (exact) mass is 301 g/mol. The first kappa shape index (κ1) is 16.0. The summed E-state index contributed by atoms with van der Waals surface area (Å²) in [5.74, 6) is 0.565. The normalized spacial score (nSPS) is 30.4.